The van der Waals surface area contributed by atoms with E-state index >= 15 is 0 Å². The first-order chi connectivity index (χ1) is 13.6. The van der Waals surface area contributed by atoms with E-state index in [0.717, 1.165) is 5.56 Å². The molecule has 2 amide bonds. The van der Waals surface area contributed by atoms with Crippen LogP contribution in [0.3, 0.4) is 0 Å². The van der Waals surface area contributed by atoms with Gasteiger partial charge in [0.05, 0.1) is 19.6 Å². The van der Waals surface area contributed by atoms with E-state index in [9.17, 15) is 14.0 Å². The van der Waals surface area contributed by atoms with Gasteiger partial charge in [-0.15, -0.1) is 0 Å². The number of nitrogens with one attached hydrogen (secondary N) is 2. The summed E-state index contributed by atoms with van der Waals surface area (Å²) in [5.74, 6) is -0.0752. The van der Waals surface area contributed by atoms with Crippen molar-refractivity contribution in [3.8, 4) is 5.75 Å². The van der Waals surface area contributed by atoms with Gasteiger partial charge >= 0.3 is 0 Å². The number of nitrogens with zero attached hydrogens (tertiary/aromatic N) is 1. The minimum Gasteiger partial charge on any atom is -0.496 e. The number of piperazine rings is 1. The summed E-state index contributed by atoms with van der Waals surface area (Å²) in [5, 5.41) is 5.62. The highest BCUT2D eigenvalue weighted by atomic mass is 19.1. The molecule has 1 fully saturated rings. The van der Waals surface area contributed by atoms with E-state index in [2.05, 4.69) is 10.6 Å². The van der Waals surface area contributed by atoms with Crippen molar-refractivity contribution in [1.29, 1.82) is 0 Å². The number of halogens is 1. The smallest absolute Gasteiger partial charge is 0.237 e. The summed E-state index contributed by atoms with van der Waals surface area (Å²) in [6, 6.07) is 13.3. The summed E-state index contributed by atoms with van der Waals surface area (Å²) in [4.78, 5) is 26.7. The second-order valence-corrected chi connectivity index (χ2v) is 6.66. The summed E-state index contributed by atoms with van der Waals surface area (Å²) in [6.45, 7) is 1.63. The van der Waals surface area contributed by atoms with Gasteiger partial charge in [-0.2, -0.15) is 0 Å². The molecule has 1 aliphatic rings. The highest BCUT2D eigenvalue weighted by molar-refractivity contribution is 5.88. The Kier molecular flexibility index (Phi) is 6.60. The first-order valence-corrected chi connectivity index (χ1v) is 9.22. The Bertz CT molecular complexity index is 843. The molecule has 7 heteroatoms. The Labute approximate surface area is 163 Å². The van der Waals surface area contributed by atoms with Gasteiger partial charge in [-0.25, -0.2) is 4.39 Å². The zero-order valence-electron chi connectivity index (χ0n) is 15.8. The number of hydrogen-bond donors (Lipinski definition) is 2. The quantitative estimate of drug-likeness (QED) is 0.763. The number of carbonyl (C=O) groups excluding carboxylic acids is 2. The largest absolute Gasteiger partial charge is 0.496 e. The lowest BCUT2D eigenvalue weighted by atomic mass is 10.1. The molecule has 0 saturated carbocycles. The molecule has 0 spiro atoms. The van der Waals surface area contributed by atoms with Gasteiger partial charge in [-0.1, -0.05) is 36.4 Å². The van der Waals surface area contributed by atoms with Crippen molar-refractivity contribution >= 4 is 11.8 Å². The maximum Gasteiger partial charge on any atom is 0.237 e. The van der Waals surface area contributed by atoms with E-state index in [1.54, 1.807) is 25.3 Å². The van der Waals surface area contributed by atoms with Gasteiger partial charge in [0.2, 0.25) is 11.8 Å². The van der Waals surface area contributed by atoms with Gasteiger partial charge in [0.15, 0.2) is 0 Å². The van der Waals surface area contributed by atoms with Crippen LogP contribution in [0.15, 0.2) is 48.5 Å². The number of amides is 2. The molecule has 1 heterocycles. The molecular weight excluding hydrogens is 361 g/mol. The van der Waals surface area contributed by atoms with Gasteiger partial charge in [-0.3, -0.25) is 14.5 Å². The molecule has 1 unspecified atom stereocenters. The van der Waals surface area contributed by atoms with Crippen molar-refractivity contribution in [3.05, 3.63) is 65.5 Å². The van der Waals surface area contributed by atoms with E-state index in [1.807, 2.05) is 29.2 Å². The average Bonchev–Trinajstić information content (AvgIpc) is 2.71. The summed E-state index contributed by atoms with van der Waals surface area (Å²) in [7, 11) is 1.58. The predicted molar refractivity (Wildman–Crippen MR) is 103 cm³/mol. The van der Waals surface area contributed by atoms with E-state index in [-0.39, 0.29) is 30.6 Å². The van der Waals surface area contributed by atoms with Crippen molar-refractivity contribution in [1.82, 2.24) is 15.5 Å². The number of rotatable bonds is 7. The topological polar surface area (TPSA) is 70.7 Å². The minimum atomic E-state index is -0.633. The third-order valence-electron chi connectivity index (χ3n) is 4.82. The average molecular weight is 385 g/mol. The van der Waals surface area contributed by atoms with Crippen molar-refractivity contribution in [3.63, 3.8) is 0 Å². The van der Waals surface area contributed by atoms with E-state index in [1.165, 1.54) is 6.07 Å². The molecule has 0 bridgehead atoms. The van der Waals surface area contributed by atoms with E-state index in [0.29, 0.717) is 30.9 Å². The number of methoxy groups -OCH3 is 1. The lowest BCUT2D eigenvalue weighted by molar-refractivity contribution is -0.134. The van der Waals surface area contributed by atoms with Crippen LogP contribution in [0.5, 0.6) is 5.75 Å². The summed E-state index contributed by atoms with van der Waals surface area (Å²) in [6.07, 6.45) is 0.00936. The van der Waals surface area contributed by atoms with Crippen LogP contribution in [0.2, 0.25) is 0 Å². The zero-order valence-corrected chi connectivity index (χ0v) is 15.8. The van der Waals surface area contributed by atoms with Crippen LogP contribution in [-0.2, 0) is 22.7 Å². The number of carbonyl (C=O) groups is 2. The molecule has 3 rings (SSSR count). The van der Waals surface area contributed by atoms with Crippen molar-refractivity contribution in [2.45, 2.75) is 25.6 Å². The summed E-state index contributed by atoms with van der Waals surface area (Å²) in [5.41, 5.74) is 1.37. The number of para-hydroxylation sites is 1. The fourth-order valence-corrected chi connectivity index (χ4v) is 3.31. The van der Waals surface area contributed by atoms with Crippen molar-refractivity contribution in [2.24, 2.45) is 0 Å². The zero-order chi connectivity index (χ0) is 19.9. The number of hydrogen-bond acceptors (Lipinski definition) is 4. The Morgan fingerprint density at radius 2 is 1.93 bits per heavy atom. The first kappa shape index (κ1) is 19.8. The third-order valence-corrected chi connectivity index (χ3v) is 4.82. The van der Waals surface area contributed by atoms with Crippen LogP contribution in [0.25, 0.3) is 0 Å². The van der Waals surface area contributed by atoms with Crippen molar-refractivity contribution in [2.75, 3.05) is 20.2 Å². The minimum absolute atomic E-state index is 0.00936. The molecule has 0 aromatic heterocycles. The van der Waals surface area contributed by atoms with Gasteiger partial charge < -0.3 is 15.4 Å². The van der Waals surface area contributed by atoms with Gasteiger partial charge in [0.1, 0.15) is 11.6 Å². The summed E-state index contributed by atoms with van der Waals surface area (Å²) >= 11 is 0. The molecule has 0 radical (unpaired) electrons. The highest BCUT2D eigenvalue weighted by Crippen LogP contribution is 2.18. The Morgan fingerprint density at radius 1 is 1.21 bits per heavy atom. The fraction of sp³-hybridized carbons (Fsp3) is 0.333. The predicted octanol–water partition coefficient (Wildman–Crippen LogP) is 1.84. The SMILES string of the molecule is COc1ccccc1CNC(=O)CC1C(=O)NCCN1Cc1ccccc1F. The van der Waals surface area contributed by atoms with Crippen LogP contribution in [0.1, 0.15) is 17.5 Å². The lowest BCUT2D eigenvalue weighted by Crippen LogP contribution is -2.56. The molecule has 2 aromatic carbocycles. The molecule has 2 aromatic rings. The van der Waals surface area contributed by atoms with Gasteiger partial charge in [-0.05, 0) is 12.1 Å². The molecular formula is C21H24FN3O3. The molecule has 1 saturated heterocycles. The first-order valence-electron chi connectivity index (χ1n) is 9.22. The van der Waals surface area contributed by atoms with Crippen LogP contribution in [-0.4, -0.2) is 43.0 Å². The number of ether oxygens (including phenoxy) is 1. The lowest BCUT2D eigenvalue weighted by Gasteiger charge is -2.34. The van der Waals surface area contributed by atoms with Crippen LogP contribution >= 0.6 is 0 Å². The Morgan fingerprint density at radius 3 is 2.68 bits per heavy atom. The third kappa shape index (κ3) is 4.86. The van der Waals surface area contributed by atoms with E-state index < -0.39 is 6.04 Å². The maximum absolute atomic E-state index is 14.0. The van der Waals surface area contributed by atoms with E-state index in [4.69, 9.17) is 4.74 Å². The molecule has 6 nitrogen and oxygen atoms in total. The molecule has 0 aliphatic carbocycles. The standard InChI is InChI=1S/C21H24FN3O3/c1-28-19-9-5-3-6-15(19)13-24-20(26)12-18-21(27)23-10-11-25(18)14-16-7-2-4-8-17(16)22/h2-9,18H,10-14H2,1H3,(H,23,27)(H,24,26). The van der Waals surface area contributed by atoms with Gasteiger partial charge in [0.25, 0.3) is 0 Å². The monoisotopic (exact) mass is 385 g/mol. The second-order valence-electron chi connectivity index (χ2n) is 6.66. The fourth-order valence-electron chi connectivity index (χ4n) is 3.31. The van der Waals surface area contributed by atoms with Gasteiger partial charge in [0, 0.05) is 37.3 Å². The highest BCUT2D eigenvalue weighted by Gasteiger charge is 2.31. The second kappa shape index (κ2) is 9.32. The molecule has 1 atom stereocenters. The molecule has 28 heavy (non-hydrogen) atoms. The van der Waals surface area contributed by atoms with Crippen LogP contribution in [0.4, 0.5) is 4.39 Å². The Hall–Kier alpha value is -2.93. The molecule has 2 N–H and O–H groups in total. The summed E-state index contributed by atoms with van der Waals surface area (Å²) < 4.78 is 19.3. The molecule has 148 valence electrons. The Balaban J connectivity index is 1.63. The van der Waals surface area contributed by atoms with Crippen LogP contribution < -0.4 is 15.4 Å². The van der Waals surface area contributed by atoms with Crippen LogP contribution in [0, 0.1) is 5.82 Å². The number of benzene rings is 2. The maximum atomic E-state index is 14.0. The van der Waals surface area contributed by atoms with Crippen molar-refractivity contribution < 1.29 is 18.7 Å². The molecule has 1 aliphatic heterocycles. The normalized spacial score (nSPS) is 17.1.